The average molecular weight is 183 g/mol. The van der Waals surface area contributed by atoms with Crippen LogP contribution < -0.4 is 5.73 Å². The number of amides is 1. The van der Waals surface area contributed by atoms with Crippen molar-refractivity contribution < 1.29 is 14.3 Å². The summed E-state index contributed by atoms with van der Waals surface area (Å²) in [6, 6.07) is 1.43. The van der Waals surface area contributed by atoms with E-state index in [2.05, 4.69) is 14.9 Å². The number of carbonyl (C=O) groups is 2. The fraction of sp³-hybridized carbons (Fsp3) is 0.286. The zero-order valence-corrected chi connectivity index (χ0v) is 7.03. The second kappa shape index (κ2) is 3.70. The monoisotopic (exact) mass is 183 g/mol. The topological polar surface area (TPSA) is 98.1 Å². The van der Waals surface area contributed by atoms with Gasteiger partial charge in [-0.3, -0.25) is 9.89 Å². The Labute approximate surface area is 74.1 Å². The summed E-state index contributed by atoms with van der Waals surface area (Å²) in [5, 5.41) is 6.13. The highest BCUT2D eigenvalue weighted by molar-refractivity contribution is 5.87. The summed E-state index contributed by atoms with van der Waals surface area (Å²) in [5.74, 6) is -1.04. The molecule has 0 aliphatic heterocycles. The largest absolute Gasteiger partial charge is 0.464 e. The van der Waals surface area contributed by atoms with Gasteiger partial charge in [-0.1, -0.05) is 0 Å². The van der Waals surface area contributed by atoms with E-state index in [1.165, 1.54) is 13.2 Å². The molecule has 1 aromatic rings. The number of carbonyl (C=O) groups excluding carboxylic acids is 2. The van der Waals surface area contributed by atoms with E-state index in [-0.39, 0.29) is 12.1 Å². The van der Waals surface area contributed by atoms with Gasteiger partial charge < -0.3 is 10.5 Å². The van der Waals surface area contributed by atoms with E-state index in [0.29, 0.717) is 5.69 Å². The Bertz CT molecular complexity index is 331. The number of nitrogens with zero attached hydrogens (tertiary/aromatic N) is 1. The van der Waals surface area contributed by atoms with E-state index in [9.17, 15) is 9.59 Å². The number of esters is 1. The maximum Gasteiger partial charge on any atom is 0.358 e. The van der Waals surface area contributed by atoms with Gasteiger partial charge in [0.2, 0.25) is 5.91 Å². The molecule has 6 nitrogen and oxygen atoms in total. The molecule has 0 aromatic carbocycles. The molecule has 0 bridgehead atoms. The minimum atomic E-state index is -0.549. The lowest BCUT2D eigenvalue weighted by Gasteiger charge is -1.90. The molecule has 0 radical (unpaired) electrons. The molecular formula is C7H9N3O3. The Morgan fingerprint density at radius 3 is 2.92 bits per heavy atom. The second-order valence-electron chi connectivity index (χ2n) is 2.41. The first-order valence-electron chi connectivity index (χ1n) is 3.54. The van der Waals surface area contributed by atoms with Gasteiger partial charge in [-0.05, 0) is 6.07 Å². The number of primary amides is 1. The zero-order chi connectivity index (χ0) is 9.84. The van der Waals surface area contributed by atoms with Crippen molar-refractivity contribution in [2.75, 3.05) is 7.11 Å². The third-order valence-corrected chi connectivity index (χ3v) is 1.39. The minimum absolute atomic E-state index is 0.0317. The number of nitrogens with two attached hydrogens (primary N) is 1. The zero-order valence-electron chi connectivity index (χ0n) is 7.03. The second-order valence-corrected chi connectivity index (χ2v) is 2.41. The molecule has 1 aromatic heterocycles. The fourth-order valence-corrected chi connectivity index (χ4v) is 0.849. The van der Waals surface area contributed by atoms with E-state index >= 15 is 0 Å². The SMILES string of the molecule is COC(=O)c1cc(CC(N)=O)[nH]n1. The van der Waals surface area contributed by atoms with Crippen LogP contribution in [0.2, 0.25) is 0 Å². The molecule has 0 spiro atoms. The first kappa shape index (κ1) is 9.24. The predicted octanol–water partition coefficient (Wildman–Crippen LogP) is -0.776. The van der Waals surface area contributed by atoms with Crippen LogP contribution >= 0.6 is 0 Å². The van der Waals surface area contributed by atoms with Crippen LogP contribution in [0.5, 0.6) is 0 Å². The van der Waals surface area contributed by atoms with Crippen molar-refractivity contribution in [1.29, 1.82) is 0 Å². The highest BCUT2D eigenvalue weighted by Gasteiger charge is 2.10. The molecule has 0 fully saturated rings. The van der Waals surface area contributed by atoms with Crippen molar-refractivity contribution in [2.24, 2.45) is 5.73 Å². The van der Waals surface area contributed by atoms with Crippen LogP contribution in [0.1, 0.15) is 16.2 Å². The Hall–Kier alpha value is -1.85. The minimum Gasteiger partial charge on any atom is -0.464 e. The number of ether oxygens (including phenoxy) is 1. The Morgan fingerprint density at radius 2 is 2.38 bits per heavy atom. The molecular weight excluding hydrogens is 174 g/mol. The number of nitrogens with one attached hydrogen (secondary N) is 1. The fourth-order valence-electron chi connectivity index (χ4n) is 0.849. The van der Waals surface area contributed by atoms with Crippen molar-refractivity contribution in [1.82, 2.24) is 10.2 Å². The van der Waals surface area contributed by atoms with Gasteiger partial charge in [0.15, 0.2) is 5.69 Å². The number of hydrogen-bond acceptors (Lipinski definition) is 4. The summed E-state index contributed by atoms with van der Waals surface area (Å²) in [6.45, 7) is 0. The number of hydrogen-bond donors (Lipinski definition) is 2. The normalized spacial score (nSPS) is 9.62. The number of aromatic amines is 1. The lowest BCUT2D eigenvalue weighted by Crippen LogP contribution is -2.13. The molecule has 0 aliphatic carbocycles. The number of rotatable bonds is 3. The van der Waals surface area contributed by atoms with Crippen molar-refractivity contribution >= 4 is 11.9 Å². The molecule has 1 amide bonds. The molecule has 3 N–H and O–H groups in total. The van der Waals surface area contributed by atoms with Gasteiger partial charge in [0, 0.05) is 5.69 Å². The Kier molecular flexibility index (Phi) is 2.63. The van der Waals surface area contributed by atoms with Crippen molar-refractivity contribution in [3.05, 3.63) is 17.5 Å². The standard InChI is InChI=1S/C7H9N3O3/c1-13-7(12)5-2-4(9-10-5)3-6(8)11/h2H,3H2,1H3,(H2,8,11)(H,9,10). The van der Waals surface area contributed by atoms with Gasteiger partial charge in [-0.2, -0.15) is 5.10 Å². The quantitative estimate of drug-likeness (QED) is 0.601. The Balaban J connectivity index is 2.74. The summed E-state index contributed by atoms with van der Waals surface area (Å²) in [7, 11) is 1.25. The molecule has 70 valence electrons. The van der Waals surface area contributed by atoms with E-state index in [0.717, 1.165) is 0 Å². The number of aromatic nitrogens is 2. The summed E-state index contributed by atoms with van der Waals surface area (Å²) >= 11 is 0. The van der Waals surface area contributed by atoms with Gasteiger partial charge in [-0.25, -0.2) is 4.79 Å². The number of H-pyrrole nitrogens is 1. The average Bonchev–Trinajstić information content (AvgIpc) is 2.50. The Morgan fingerprint density at radius 1 is 1.69 bits per heavy atom. The van der Waals surface area contributed by atoms with Crippen LogP contribution in [0.25, 0.3) is 0 Å². The lowest BCUT2D eigenvalue weighted by molar-refractivity contribution is -0.117. The third kappa shape index (κ3) is 2.29. The van der Waals surface area contributed by atoms with E-state index < -0.39 is 11.9 Å². The van der Waals surface area contributed by atoms with Crippen LogP contribution in [-0.2, 0) is 16.0 Å². The van der Waals surface area contributed by atoms with Crippen LogP contribution in [0, 0.1) is 0 Å². The molecule has 0 aliphatic rings. The van der Waals surface area contributed by atoms with Crippen molar-refractivity contribution in [2.45, 2.75) is 6.42 Å². The van der Waals surface area contributed by atoms with Crippen molar-refractivity contribution in [3.63, 3.8) is 0 Å². The van der Waals surface area contributed by atoms with Gasteiger partial charge in [0.05, 0.1) is 13.5 Å². The first-order valence-corrected chi connectivity index (χ1v) is 3.54. The first-order chi connectivity index (χ1) is 6.13. The van der Waals surface area contributed by atoms with Gasteiger partial charge >= 0.3 is 5.97 Å². The maximum atomic E-state index is 10.9. The van der Waals surface area contributed by atoms with Gasteiger partial charge in [-0.15, -0.1) is 0 Å². The summed E-state index contributed by atoms with van der Waals surface area (Å²) < 4.78 is 4.42. The van der Waals surface area contributed by atoms with E-state index in [1.54, 1.807) is 0 Å². The molecule has 13 heavy (non-hydrogen) atoms. The van der Waals surface area contributed by atoms with Crippen molar-refractivity contribution in [3.8, 4) is 0 Å². The maximum absolute atomic E-state index is 10.9. The van der Waals surface area contributed by atoms with E-state index in [4.69, 9.17) is 5.73 Å². The molecule has 0 unspecified atom stereocenters. The molecule has 6 heteroatoms. The smallest absolute Gasteiger partial charge is 0.358 e. The molecule has 0 saturated carbocycles. The third-order valence-electron chi connectivity index (χ3n) is 1.39. The molecule has 0 saturated heterocycles. The van der Waals surface area contributed by atoms with E-state index in [1.807, 2.05) is 0 Å². The molecule has 0 atom stereocenters. The molecule has 1 heterocycles. The van der Waals surface area contributed by atoms with Crippen LogP contribution in [0.3, 0.4) is 0 Å². The molecule has 1 rings (SSSR count). The summed E-state index contributed by atoms with van der Waals surface area (Å²) in [5.41, 5.74) is 5.57. The van der Waals surface area contributed by atoms with Gasteiger partial charge in [0.25, 0.3) is 0 Å². The summed E-state index contributed by atoms with van der Waals surface area (Å²) in [4.78, 5) is 21.4. The van der Waals surface area contributed by atoms with Crippen LogP contribution in [0.15, 0.2) is 6.07 Å². The predicted molar refractivity (Wildman–Crippen MR) is 42.8 cm³/mol. The van der Waals surface area contributed by atoms with Crippen LogP contribution in [-0.4, -0.2) is 29.2 Å². The number of methoxy groups -OCH3 is 1. The van der Waals surface area contributed by atoms with Crippen LogP contribution in [0.4, 0.5) is 0 Å². The highest BCUT2D eigenvalue weighted by Crippen LogP contribution is 2.01. The lowest BCUT2D eigenvalue weighted by atomic mass is 10.3. The van der Waals surface area contributed by atoms with Gasteiger partial charge in [0.1, 0.15) is 0 Å². The summed E-state index contributed by atoms with van der Waals surface area (Å²) in [6.07, 6.45) is 0.0317. The highest BCUT2D eigenvalue weighted by atomic mass is 16.5.